The maximum atomic E-state index is 12.6. The Morgan fingerprint density at radius 1 is 0.971 bits per heavy atom. The lowest BCUT2D eigenvalue weighted by Gasteiger charge is -2.21. The molecule has 9 nitrogen and oxygen atoms in total. The topological polar surface area (TPSA) is 132 Å². The number of unbranched alkanes of at least 4 members (excludes halogenated alkanes) is 1. The quantitative estimate of drug-likeness (QED) is 0.410. The number of benzene rings is 1. The molecular weight excluding hydrogens is 458 g/mol. The van der Waals surface area contributed by atoms with Crippen LogP contribution in [0.5, 0.6) is 0 Å². The highest BCUT2D eigenvalue weighted by Gasteiger charge is 2.22. The van der Waals surface area contributed by atoms with Crippen molar-refractivity contribution >= 4 is 27.8 Å². The molecule has 2 N–H and O–H groups in total. The van der Waals surface area contributed by atoms with Gasteiger partial charge in [-0.3, -0.25) is 9.59 Å². The third-order valence-corrected chi connectivity index (χ3v) is 6.88. The summed E-state index contributed by atoms with van der Waals surface area (Å²) >= 11 is 0. The monoisotopic (exact) mass is 487 g/mol. The van der Waals surface area contributed by atoms with Gasteiger partial charge in [-0.2, -0.15) is 0 Å². The molecular formula is C24H29N3O6S. The molecule has 0 radical (unpaired) electrons. The molecule has 1 saturated carbocycles. The molecule has 1 aromatic carbocycles. The van der Waals surface area contributed by atoms with E-state index in [9.17, 15) is 22.8 Å². The number of hydrogen-bond donors (Lipinski definition) is 2. The second-order valence-corrected chi connectivity index (χ2v) is 9.85. The van der Waals surface area contributed by atoms with Gasteiger partial charge in [0.15, 0.2) is 0 Å². The maximum absolute atomic E-state index is 12.6. The Bertz CT molecular complexity index is 1110. The van der Waals surface area contributed by atoms with Crippen molar-refractivity contribution in [2.24, 2.45) is 0 Å². The molecule has 0 unspecified atom stereocenters. The average molecular weight is 488 g/mol. The Kier molecular flexibility index (Phi) is 8.75. The third kappa shape index (κ3) is 6.86. The molecule has 3 rings (SSSR count). The first-order valence-electron chi connectivity index (χ1n) is 11.4. The van der Waals surface area contributed by atoms with E-state index in [2.05, 4.69) is 10.3 Å². The van der Waals surface area contributed by atoms with Gasteiger partial charge in [-0.25, -0.2) is 22.9 Å². The largest absolute Gasteiger partial charge is 0.458 e. The number of carbonyl (C=O) groups is 3. The van der Waals surface area contributed by atoms with E-state index in [0.29, 0.717) is 12.1 Å². The Balaban J connectivity index is 1.59. The first-order chi connectivity index (χ1) is 16.3. The third-order valence-electron chi connectivity index (χ3n) is 5.53. The van der Waals surface area contributed by atoms with Crippen LogP contribution in [0, 0.1) is 0 Å². The normalized spacial score (nSPS) is 14.3. The van der Waals surface area contributed by atoms with Crippen molar-refractivity contribution < 1.29 is 27.5 Å². The zero-order chi connectivity index (χ0) is 24.6. The molecule has 1 aromatic heterocycles. The van der Waals surface area contributed by atoms with Crippen LogP contribution in [0.1, 0.15) is 83.1 Å². The minimum absolute atomic E-state index is 0.0234. The minimum atomic E-state index is -4.17. The first-order valence-corrected chi connectivity index (χ1v) is 12.9. The highest BCUT2D eigenvalue weighted by molar-refractivity contribution is 7.90. The molecule has 0 bridgehead atoms. The van der Waals surface area contributed by atoms with Gasteiger partial charge in [0.05, 0.1) is 10.5 Å². The van der Waals surface area contributed by atoms with Gasteiger partial charge in [0.2, 0.25) is 0 Å². The lowest BCUT2D eigenvalue weighted by Crippen LogP contribution is -2.31. The van der Waals surface area contributed by atoms with Crippen molar-refractivity contribution in [2.75, 3.05) is 6.54 Å². The molecule has 182 valence electrons. The molecule has 1 aliphatic rings. The van der Waals surface area contributed by atoms with Crippen LogP contribution in [-0.2, 0) is 14.8 Å². The van der Waals surface area contributed by atoms with Crippen LogP contribution in [0.15, 0.2) is 47.5 Å². The molecule has 0 aliphatic heterocycles. The van der Waals surface area contributed by atoms with E-state index in [1.807, 2.05) is 11.6 Å². The van der Waals surface area contributed by atoms with Crippen LogP contribution in [-0.4, -0.2) is 43.8 Å². The number of hydrogen-bond acceptors (Lipinski definition) is 7. The maximum Gasteiger partial charge on any atom is 0.357 e. The summed E-state index contributed by atoms with van der Waals surface area (Å²) in [5, 5.41) is 2.75. The van der Waals surface area contributed by atoms with Crippen LogP contribution in [0.25, 0.3) is 0 Å². The van der Waals surface area contributed by atoms with Crippen molar-refractivity contribution in [1.82, 2.24) is 15.0 Å². The van der Waals surface area contributed by atoms with Crippen LogP contribution in [0.2, 0.25) is 0 Å². The molecule has 2 amide bonds. The SMILES string of the molecule is CCCCNC(=O)c1ccc(S(=O)(=O)NC(=O)c2ccc(C(=O)OC3CCCCC3)nc2)cc1. The molecule has 10 heteroatoms. The summed E-state index contributed by atoms with van der Waals surface area (Å²) < 4.78 is 32.6. The van der Waals surface area contributed by atoms with Crippen LogP contribution >= 0.6 is 0 Å². The summed E-state index contributed by atoms with van der Waals surface area (Å²) in [5.41, 5.74) is 0.351. The van der Waals surface area contributed by atoms with E-state index in [1.54, 1.807) is 0 Å². The predicted octanol–water partition coefficient (Wildman–Crippen LogP) is 3.22. The van der Waals surface area contributed by atoms with Gasteiger partial charge in [-0.15, -0.1) is 0 Å². The number of rotatable bonds is 9. The van der Waals surface area contributed by atoms with Gasteiger partial charge in [0.25, 0.3) is 21.8 Å². The Morgan fingerprint density at radius 2 is 1.65 bits per heavy atom. The number of carbonyl (C=O) groups excluding carboxylic acids is 3. The lowest BCUT2D eigenvalue weighted by atomic mass is 9.98. The number of sulfonamides is 1. The van der Waals surface area contributed by atoms with Gasteiger partial charge in [-0.1, -0.05) is 19.8 Å². The smallest absolute Gasteiger partial charge is 0.357 e. The number of nitrogens with zero attached hydrogens (tertiary/aromatic N) is 1. The van der Waals surface area contributed by atoms with Gasteiger partial charge in [0.1, 0.15) is 11.8 Å². The van der Waals surface area contributed by atoms with Crippen molar-refractivity contribution in [3.8, 4) is 0 Å². The molecule has 0 atom stereocenters. The standard InChI is InChI=1S/C24H29N3O6S/c1-2-3-15-25-22(28)17-9-12-20(13-10-17)34(31,32)27-23(29)18-11-14-21(26-16-18)24(30)33-19-7-5-4-6-8-19/h9-14,16,19H,2-8,15H2,1H3,(H,25,28)(H,27,29). The zero-order valence-electron chi connectivity index (χ0n) is 19.1. The molecule has 2 aromatic rings. The number of esters is 1. The fourth-order valence-electron chi connectivity index (χ4n) is 3.55. The Hall–Kier alpha value is -3.27. The molecule has 1 heterocycles. The number of amides is 2. The highest BCUT2D eigenvalue weighted by Crippen LogP contribution is 2.21. The van der Waals surface area contributed by atoms with Crippen molar-refractivity contribution in [1.29, 1.82) is 0 Å². The lowest BCUT2D eigenvalue weighted by molar-refractivity contribution is 0.0204. The molecule has 1 aliphatic carbocycles. The summed E-state index contributed by atoms with van der Waals surface area (Å²) in [6.07, 6.45) is 7.64. The fourth-order valence-corrected chi connectivity index (χ4v) is 4.52. The van der Waals surface area contributed by atoms with E-state index < -0.39 is 21.9 Å². The molecule has 0 spiro atoms. The first kappa shape index (κ1) is 25.4. The van der Waals surface area contributed by atoms with Crippen molar-refractivity contribution in [3.05, 3.63) is 59.4 Å². The van der Waals surface area contributed by atoms with Crippen molar-refractivity contribution in [2.45, 2.75) is 62.9 Å². The van der Waals surface area contributed by atoms with Gasteiger partial charge in [0, 0.05) is 18.3 Å². The van der Waals surface area contributed by atoms with E-state index in [1.165, 1.54) is 36.4 Å². The predicted molar refractivity (Wildman–Crippen MR) is 125 cm³/mol. The van der Waals surface area contributed by atoms with E-state index in [0.717, 1.165) is 51.1 Å². The van der Waals surface area contributed by atoms with Gasteiger partial charge in [-0.05, 0) is 68.5 Å². The molecule has 1 fully saturated rings. The molecule has 0 saturated heterocycles. The number of ether oxygens (including phenoxy) is 1. The van der Waals surface area contributed by atoms with Gasteiger partial charge < -0.3 is 10.1 Å². The second-order valence-electron chi connectivity index (χ2n) is 8.17. The number of pyridine rings is 1. The minimum Gasteiger partial charge on any atom is -0.458 e. The average Bonchev–Trinajstić information content (AvgIpc) is 2.84. The van der Waals surface area contributed by atoms with Crippen LogP contribution < -0.4 is 10.0 Å². The molecule has 34 heavy (non-hydrogen) atoms. The van der Waals surface area contributed by atoms with E-state index in [4.69, 9.17) is 4.74 Å². The zero-order valence-corrected chi connectivity index (χ0v) is 19.9. The highest BCUT2D eigenvalue weighted by atomic mass is 32.2. The summed E-state index contributed by atoms with van der Waals surface area (Å²) in [7, 11) is -4.17. The van der Waals surface area contributed by atoms with Crippen LogP contribution in [0.4, 0.5) is 0 Å². The summed E-state index contributed by atoms with van der Waals surface area (Å²) in [6, 6.07) is 7.93. The summed E-state index contributed by atoms with van der Waals surface area (Å²) in [6.45, 7) is 2.55. The van der Waals surface area contributed by atoms with Crippen LogP contribution in [0.3, 0.4) is 0 Å². The van der Waals surface area contributed by atoms with Crippen molar-refractivity contribution in [3.63, 3.8) is 0 Å². The summed E-state index contributed by atoms with van der Waals surface area (Å²) in [4.78, 5) is 40.5. The van der Waals surface area contributed by atoms with E-state index in [-0.39, 0.29) is 28.2 Å². The Morgan fingerprint density at radius 3 is 2.26 bits per heavy atom. The second kappa shape index (κ2) is 11.7. The van der Waals surface area contributed by atoms with E-state index >= 15 is 0 Å². The fraction of sp³-hybridized carbons (Fsp3) is 0.417. The summed E-state index contributed by atoms with van der Waals surface area (Å²) in [5.74, 6) is -1.75. The van der Waals surface area contributed by atoms with Gasteiger partial charge >= 0.3 is 5.97 Å². The Labute approximate surface area is 199 Å². The number of nitrogens with one attached hydrogen (secondary N) is 2. The number of aromatic nitrogens is 1.